The summed E-state index contributed by atoms with van der Waals surface area (Å²) in [6, 6.07) is 11.5. The fraction of sp³-hybridized carbons (Fsp3) is 0.167. The van der Waals surface area contributed by atoms with Gasteiger partial charge in [0.2, 0.25) is 0 Å². The van der Waals surface area contributed by atoms with Crippen molar-refractivity contribution in [3.63, 3.8) is 0 Å². The van der Waals surface area contributed by atoms with E-state index in [0.717, 1.165) is 24.3 Å². The minimum atomic E-state index is -4.52. The number of benzene rings is 2. The zero-order valence-corrected chi connectivity index (χ0v) is 14.0. The Morgan fingerprint density at radius 3 is 2.04 bits per heavy atom. The predicted octanol–water partition coefficient (Wildman–Crippen LogP) is 2.71. The highest BCUT2D eigenvalue weighted by atomic mass is 19.4. The lowest BCUT2D eigenvalue weighted by Gasteiger charge is -2.14. The van der Waals surface area contributed by atoms with Crippen LogP contribution in [0.1, 0.15) is 33.2 Å². The van der Waals surface area contributed by atoms with Gasteiger partial charge in [-0.15, -0.1) is 0 Å². The van der Waals surface area contributed by atoms with Gasteiger partial charge in [0.15, 0.2) is 6.10 Å². The smallest absolute Gasteiger partial charge is 0.416 e. The number of hydrogen-bond acceptors (Lipinski definition) is 4. The standard InChI is InChI=1S/C18H15F3N2O4/c1-11(15(24)22-23-16(25)12-5-3-2-4-6-12)27-17(26)13-7-9-14(10-8-13)18(19,20)21/h2-11H,1H3,(H,22,24)(H,23,25)/t11-/m0/s1. The van der Waals surface area contributed by atoms with E-state index >= 15 is 0 Å². The number of esters is 1. The molecule has 0 saturated heterocycles. The van der Waals surface area contributed by atoms with Gasteiger partial charge in [-0.2, -0.15) is 13.2 Å². The first-order valence-corrected chi connectivity index (χ1v) is 7.72. The number of amides is 2. The molecule has 2 amide bonds. The zero-order chi connectivity index (χ0) is 20.0. The van der Waals surface area contributed by atoms with Crippen molar-refractivity contribution in [1.82, 2.24) is 10.9 Å². The highest BCUT2D eigenvalue weighted by Crippen LogP contribution is 2.29. The number of hydrogen-bond donors (Lipinski definition) is 2. The monoisotopic (exact) mass is 380 g/mol. The van der Waals surface area contributed by atoms with E-state index in [4.69, 9.17) is 4.74 Å². The van der Waals surface area contributed by atoms with Gasteiger partial charge in [-0.05, 0) is 43.3 Å². The Kier molecular flexibility index (Phi) is 6.17. The third-order valence-electron chi connectivity index (χ3n) is 3.44. The van der Waals surface area contributed by atoms with Gasteiger partial charge in [0.25, 0.3) is 11.8 Å². The van der Waals surface area contributed by atoms with Crippen molar-refractivity contribution in [1.29, 1.82) is 0 Å². The number of alkyl halides is 3. The van der Waals surface area contributed by atoms with Crippen molar-refractivity contribution in [2.75, 3.05) is 0 Å². The average Bonchev–Trinajstić information content (AvgIpc) is 2.65. The summed E-state index contributed by atoms with van der Waals surface area (Å²) in [4.78, 5) is 35.6. The molecule has 0 aromatic heterocycles. The van der Waals surface area contributed by atoms with E-state index in [0.29, 0.717) is 5.56 Å². The van der Waals surface area contributed by atoms with E-state index in [1.54, 1.807) is 18.2 Å². The molecule has 0 spiro atoms. The van der Waals surface area contributed by atoms with Crippen LogP contribution < -0.4 is 10.9 Å². The van der Waals surface area contributed by atoms with Crippen molar-refractivity contribution in [2.45, 2.75) is 19.2 Å². The van der Waals surface area contributed by atoms with Crippen molar-refractivity contribution in [2.24, 2.45) is 0 Å². The number of nitrogens with one attached hydrogen (secondary N) is 2. The van der Waals surface area contributed by atoms with E-state index < -0.39 is 35.6 Å². The van der Waals surface area contributed by atoms with Crippen molar-refractivity contribution >= 4 is 17.8 Å². The van der Waals surface area contributed by atoms with Crippen LogP contribution in [0.5, 0.6) is 0 Å². The Morgan fingerprint density at radius 2 is 1.48 bits per heavy atom. The van der Waals surface area contributed by atoms with E-state index in [-0.39, 0.29) is 5.56 Å². The lowest BCUT2D eigenvalue weighted by atomic mass is 10.1. The molecule has 1 atom stereocenters. The van der Waals surface area contributed by atoms with E-state index in [1.807, 2.05) is 0 Å². The van der Waals surface area contributed by atoms with E-state index in [1.165, 1.54) is 19.1 Å². The van der Waals surface area contributed by atoms with Gasteiger partial charge in [0.1, 0.15) is 0 Å². The van der Waals surface area contributed by atoms with Crippen LogP contribution in [0.3, 0.4) is 0 Å². The SMILES string of the molecule is C[C@H](OC(=O)c1ccc(C(F)(F)F)cc1)C(=O)NNC(=O)c1ccccc1. The normalized spacial score (nSPS) is 12.0. The Bertz CT molecular complexity index is 821. The molecule has 2 N–H and O–H groups in total. The molecule has 2 aromatic rings. The number of carbonyl (C=O) groups excluding carboxylic acids is 3. The molecule has 0 radical (unpaired) electrons. The fourth-order valence-corrected chi connectivity index (χ4v) is 1.96. The highest BCUT2D eigenvalue weighted by Gasteiger charge is 2.30. The molecule has 6 nitrogen and oxygen atoms in total. The third kappa shape index (κ3) is 5.56. The predicted molar refractivity (Wildman–Crippen MR) is 88.4 cm³/mol. The number of hydrazine groups is 1. The molecular weight excluding hydrogens is 365 g/mol. The highest BCUT2D eigenvalue weighted by molar-refractivity contribution is 5.96. The summed E-state index contributed by atoms with van der Waals surface area (Å²) < 4.78 is 42.4. The Balaban J connectivity index is 1.88. The molecule has 0 aliphatic rings. The second-order valence-corrected chi connectivity index (χ2v) is 5.43. The molecule has 2 rings (SSSR count). The van der Waals surface area contributed by atoms with Crippen molar-refractivity contribution < 1.29 is 32.3 Å². The maximum absolute atomic E-state index is 12.5. The van der Waals surface area contributed by atoms with Gasteiger partial charge in [-0.25, -0.2) is 4.79 Å². The van der Waals surface area contributed by atoms with Gasteiger partial charge < -0.3 is 4.74 Å². The average molecular weight is 380 g/mol. The van der Waals surface area contributed by atoms with Gasteiger partial charge in [0.05, 0.1) is 11.1 Å². The first-order valence-electron chi connectivity index (χ1n) is 7.72. The maximum atomic E-state index is 12.5. The van der Waals surface area contributed by atoms with Crippen LogP contribution in [-0.4, -0.2) is 23.9 Å². The molecule has 0 fully saturated rings. The third-order valence-corrected chi connectivity index (χ3v) is 3.44. The summed E-state index contributed by atoms with van der Waals surface area (Å²) >= 11 is 0. The zero-order valence-electron chi connectivity index (χ0n) is 14.0. The van der Waals surface area contributed by atoms with E-state index in [2.05, 4.69) is 10.9 Å². The molecule has 0 heterocycles. The molecule has 27 heavy (non-hydrogen) atoms. The molecule has 0 unspecified atom stereocenters. The second kappa shape index (κ2) is 8.35. The van der Waals surface area contributed by atoms with Crippen molar-refractivity contribution in [3.8, 4) is 0 Å². The first kappa shape index (κ1) is 20.0. The van der Waals surface area contributed by atoms with Crippen LogP contribution in [0, 0.1) is 0 Å². The van der Waals surface area contributed by atoms with Crippen LogP contribution in [0.2, 0.25) is 0 Å². The lowest BCUT2D eigenvalue weighted by Crippen LogP contribution is -2.46. The van der Waals surface area contributed by atoms with E-state index in [9.17, 15) is 27.6 Å². The number of rotatable bonds is 4. The van der Waals surface area contributed by atoms with Crippen LogP contribution in [0.4, 0.5) is 13.2 Å². The minimum Gasteiger partial charge on any atom is -0.449 e. The molecule has 142 valence electrons. The fourth-order valence-electron chi connectivity index (χ4n) is 1.96. The van der Waals surface area contributed by atoms with Crippen LogP contribution in [0.25, 0.3) is 0 Å². The van der Waals surface area contributed by atoms with Crippen LogP contribution >= 0.6 is 0 Å². The van der Waals surface area contributed by atoms with Gasteiger partial charge >= 0.3 is 12.1 Å². The van der Waals surface area contributed by atoms with Gasteiger partial charge in [-0.1, -0.05) is 18.2 Å². The van der Waals surface area contributed by atoms with Gasteiger partial charge in [-0.3, -0.25) is 20.4 Å². The van der Waals surface area contributed by atoms with Crippen molar-refractivity contribution in [3.05, 3.63) is 71.3 Å². The second-order valence-electron chi connectivity index (χ2n) is 5.43. The number of halogens is 3. The van der Waals surface area contributed by atoms with Gasteiger partial charge in [0, 0.05) is 5.56 Å². The molecule has 9 heteroatoms. The quantitative estimate of drug-likeness (QED) is 0.631. The largest absolute Gasteiger partial charge is 0.449 e. The maximum Gasteiger partial charge on any atom is 0.416 e. The first-order chi connectivity index (χ1) is 12.7. The summed E-state index contributed by atoms with van der Waals surface area (Å²) in [6.45, 7) is 1.26. The molecular formula is C18H15F3N2O4. The molecule has 0 bridgehead atoms. The molecule has 0 aliphatic carbocycles. The van der Waals surface area contributed by atoms with Crippen LogP contribution in [-0.2, 0) is 15.7 Å². The Hall–Kier alpha value is -3.36. The topological polar surface area (TPSA) is 84.5 Å². The molecule has 0 saturated carbocycles. The Morgan fingerprint density at radius 1 is 0.889 bits per heavy atom. The summed E-state index contributed by atoms with van der Waals surface area (Å²) in [5.41, 5.74) is 3.52. The summed E-state index contributed by atoms with van der Waals surface area (Å²) in [5.74, 6) is -2.34. The minimum absolute atomic E-state index is 0.143. The summed E-state index contributed by atoms with van der Waals surface area (Å²) in [5, 5.41) is 0. The Labute approximate surface area is 152 Å². The number of carbonyl (C=O) groups is 3. The molecule has 0 aliphatic heterocycles. The number of ether oxygens (including phenoxy) is 1. The summed E-state index contributed by atoms with van der Waals surface area (Å²) in [6.07, 6.45) is -5.80. The summed E-state index contributed by atoms with van der Waals surface area (Å²) in [7, 11) is 0. The molecule has 2 aromatic carbocycles. The lowest BCUT2D eigenvalue weighted by molar-refractivity contribution is -0.137. The van der Waals surface area contributed by atoms with Crippen LogP contribution in [0.15, 0.2) is 54.6 Å².